The van der Waals surface area contributed by atoms with E-state index in [1.165, 1.54) is 0 Å². The monoisotopic (exact) mass is 380 g/mol. The first kappa shape index (κ1) is 16.8. The largest absolute Gasteiger partial charge is 0.492 e. The SMILES string of the molecule is COc1c2c(cc3c1C(c1nnnn1-c1ccccc1N)N(C)CC3)OCO2. The second kappa shape index (κ2) is 6.38. The fourth-order valence-corrected chi connectivity index (χ4v) is 3.98. The number of nitrogen functional groups attached to an aromatic ring is 1. The molecule has 0 amide bonds. The molecule has 2 aliphatic heterocycles. The minimum absolute atomic E-state index is 0.188. The van der Waals surface area contributed by atoms with Crippen molar-refractivity contribution in [3.8, 4) is 22.9 Å². The molecule has 0 radical (unpaired) electrons. The Hall–Kier alpha value is -3.33. The van der Waals surface area contributed by atoms with Gasteiger partial charge in [0.25, 0.3) is 0 Å². The third kappa shape index (κ3) is 2.40. The molecule has 1 atom stereocenters. The van der Waals surface area contributed by atoms with Crippen molar-refractivity contribution in [2.45, 2.75) is 12.5 Å². The van der Waals surface area contributed by atoms with E-state index in [9.17, 15) is 0 Å². The van der Waals surface area contributed by atoms with Crippen molar-refractivity contribution in [1.82, 2.24) is 25.1 Å². The number of rotatable bonds is 3. The Bertz CT molecular complexity index is 1050. The fraction of sp³-hybridized carbons (Fsp3) is 0.316. The fourth-order valence-electron chi connectivity index (χ4n) is 3.98. The Kier molecular flexibility index (Phi) is 3.83. The van der Waals surface area contributed by atoms with E-state index < -0.39 is 0 Å². The number of tetrazole rings is 1. The summed E-state index contributed by atoms with van der Waals surface area (Å²) in [6, 6.07) is 9.34. The lowest BCUT2D eigenvalue weighted by Crippen LogP contribution is -2.35. The lowest BCUT2D eigenvalue weighted by atomic mass is 9.90. The standard InChI is InChI=1S/C19H20N6O3/c1-24-8-7-11-9-14-17(28-10-27-14)18(26-2)15(11)16(24)19-21-22-23-25(19)13-6-4-3-5-12(13)20/h3-6,9,16H,7-8,10,20H2,1-2H3. The van der Waals surface area contributed by atoms with Gasteiger partial charge in [0.15, 0.2) is 17.3 Å². The molecule has 2 aliphatic rings. The van der Waals surface area contributed by atoms with Gasteiger partial charge in [0, 0.05) is 12.1 Å². The molecule has 0 aliphatic carbocycles. The van der Waals surface area contributed by atoms with Crippen LogP contribution in [0.3, 0.4) is 0 Å². The average Bonchev–Trinajstić information content (AvgIpc) is 3.36. The first-order chi connectivity index (χ1) is 13.7. The summed E-state index contributed by atoms with van der Waals surface area (Å²) >= 11 is 0. The zero-order chi connectivity index (χ0) is 19.3. The highest BCUT2D eigenvalue weighted by atomic mass is 16.7. The molecule has 2 N–H and O–H groups in total. The quantitative estimate of drug-likeness (QED) is 0.683. The van der Waals surface area contributed by atoms with Crippen molar-refractivity contribution in [2.75, 3.05) is 33.2 Å². The Morgan fingerprint density at radius 1 is 1.25 bits per heavy atom. The van der Waals surface area contributed by atoms with E-state index in [2.05, 4.69) is 20.4 Å². The minimum atomic E-state index is -0.220. The first-order valence-corrected chi connectivity index (χ1v) is 9.01. The molecule has 0 bridgehead atoms. The van der Waals surface area contributed by atoms with Crippen LogP contribution in [0.1, 0.15) is 23.0 Å². The van der Waals surface area contributed by atoms with Crippen molar-refractivity contribution >= 4 is 5.69 Å². The Morgan fingerprint density at radius 3 is 2.93 bits per heavy atom. The number of benzene rings is 2. The van der Waals surface area contributed by atoms with Crippen molar-refractivity contribution in [3.05, 3.63) is 47.3 Å². The summed E-state index contributed by atoms with van der Waals surface area (Å²) in [6.45, 7) is 1.03. The van der Waals surface area contributed by atoms with E-state index in [4.69, 9.17) is 19.9 Å². The van der Waals surface area contributed by atoms with Gasteiger partial charge in [0.05, 0.1) is 18.5 Å². The van der Waals surface area contributed by atoms with Gasteiger partial charge in [-0.25, -0.2) is 0 Å². The number of nitrogens with zero attached hydrogens (tertiary/aromatic N) is 5. The number of aromatic nitrogens is 4. The molecule has 0 spiro atoms. The number of ether oxygens (including phenoxy) is 3. The van der Waals surface area contributed by atoms with Crippen molar-refractivity contribution in [1.29, 1.82) is 0 Å². The Labute approximate surface area is 161 Å². The molecule has 3 aromatic rings. The van der Waals surface area contributed by atoms with Gasteiger partial charge in [-0.05, 0) is 47.7 Å². The maximum Gasteiger partial charge on any atom is 0.231 e. The molecule has 2 aromatic carbocycles. The van der Waals surface area contributed by atoms with E-state index >= 15 is 0 Å². The van der Waals surface area contributed by atoms with Crippen LogP contribution in [0, 0.1) is 0 Å². The number of para-hydroxylation sites is 2. The summed E-state index contributed by atoms with van der Waals surface area (Å²) in [7, 11) is 3.69. The van der Waals surface area contributed by atoms with E-state index in [0.29, 0.717) is 28.8 Å². The van der Waals surface area contributed by atoms with Crippen LogP contribution in [0.2, 0.25) is 0 Å². The first-order valence-electron chi connectivity index (χ1n) is 9.01. The molecule has 9 heteroatoms. The van der Waals surface area contributed by atoms with Crippen LogP contribution >= 0.6 is 0 Å². The Morgan fingerprint density at radius 2 is 2.11 bits per heavy atom. The zero-order valence-electron chi connectivity index (χ0n) is 15.6. The van der Waals surface area contributed by atoms with Crippen LogP contribution in [-0.2, 0) is 6.42 Å². The van der Waals surface area contributed by atoms with Crippen LogP contribution in [-0.4, -0.2) is 52.6 Å². The number of anilines is 1. The second-order valence-electron chi connectivity index (χ2n) is 6.86. The average molecular weight is 380 g/mol. The lowest BCUT2D eigenvalue weighted by molar-refractivity contribution is 0.170. The lowest BCUT2D eigenvalue weighted by Gasteiger charge is -2.34. The normalized spacial score (nSPS) is 18.1. The van der Waals surface area contributed by atoms with Crippen LogP contribution in [0.15, 0.2) is 30.3 Å². The van der Waals surface area contributed by atoms with Crippen LogP contribution in [0.4, 0.5) is 5.69 Å². The highest BCUT2D eigenvalue weighted by Gasteiger charge is 2.37. The zero-order valence-corrected chi connectivity index (χ0v) is 15.6. The third-order valence-electron chi connectivity index (χ3n) is 5.30. The number of likely N-dealkylation sites (N-methyl/N-ethyl adjacent to an activating group) is 1. The smallest absolute Gasteiger partial charge is 0.231 e. The van der Waals surface area contributed by atoms with E-state index in [0.717, 1.165) is 29.8 Å². The number of nitrogens with two attached hydrogens (primary N) is 1. The maximum absolute atomic E-state index is 6.18. The van der Waals surface area contributed by atoms with Gasteiger partial charge in [0.2, 0.25) is 12.5 Å². The van der Waals surface area contributed by atoms with Gasteiger partial charge < -0.3 is 19.9 Å². The van der Waals surface area contributed by atoms with Gasteiger partial charge in [-0.15, -0.1) is 5.10 Å². The Balaban J connectivity index is 1.72. The molecule has 5 rings (SSSR count). The number of hydrogen-bond donors (Lipinski definition) is 1. The van der Waals surface area contributed by atoms with Crippen molar-refractivity contribution in [3.63, 3.8) is 0 Å². The summed E-state index contributed by atoms with van der Waals surface area (Å²) in [6.07, 6.45) is 0.865. The van der Waals surface area contributed by atoms with E-state index in [-0.39, 0.29) is 12.8 Å². The summed E-state index contributed by atoms with van der Waals surface area (Å²) in [5.41, 5.74) is 9.65. The number of methoxy groups -OCH3 is 1. The number of hydrogen-bond acceptors (Lipinski definition) is 8. The second-order valence-corrected chi connectivity index (χ2v) is 6.86. The molecular weight excluding hydrogens is 360 g/mol. The molecule has 1 unspecified atom stereocenters. The third-order valence-corrected chi connectivity index (χ3v) is 5.30. The maximum atomic E-state index is 6.18. The molecule has 28 heavy (non-hydrogen) atoms. The van der Waals surface area contributed by atoms with Gasteiger partial charge >= 0.3 is 0 Å². The summed E-state index contributed by atoms with van der Waals surface area (Å²) in [5, 5.41) is 12.5. The molecule has 144 valence electrons. The topological polar surface area (TPSA) is 101 Å². The van der Waals surface area contributed by atoms with Crippen LogP contribution in [0.5, 0.6) is 17.2 Å². The van der Waals surface area contributed by atoms with Crippen LogP contribution in [0.25, 0.3) is 5.69 Å². The molecule has 0 saturated heterocycles. The summed E-state index contributed by atoms with van der Waals surface area (Å²) in [5.74, 6) is 2.67. The molecule has 1 aromatic heterocycles. The molecule has 0 saturated carbocycles. The molecule has 0 fully saturated rings. The van der Waals surface area contributed by atoms with Crippen molar-refractivity contribution < 1.29 is 14.2 Å². The highest BCUT2D eigenvalue weighted by molar-refractivity contribution is 5.63. The van der Waals surface area contributed by atoms with Gasteiger partial charge in [-0.2, -0.15) is 4.68 Å². The summed E-state index contributed by atoms with van der Waals surface area (Å²) < 4.78 is 18.7. The molecular formula is C19H20N6O3. The predicted molar refractivity (Wildman–Crippen MR) is 101 cm³/mol. The molecule has 3 heterocycles. The molecule has 9 nitrogen and oxygen atoms in total. The van der Waals surface area contributed by atoms with Gasteiger partial charge in [-0.1, -0.05) is 12.1 Å². The van der Waals surface area contributed by atoms with E-state index in [1.807, 2.05) is 37.4 Å². The van der Waals surface area contributed by atoms with Gasteiger partial charge in [0.1, 0.15) is 6.04 Å². The summed E-state index contributed by atoms with van der Waals surface area (Å²) in [4.78, 5) is 2.20. The predicted octanol–water partition coefficient (Wildman–Crippen LogP) is 1.56. The highest BCUT2D eigenvalue weighted by Crippen LogP contribution is 2.50. The van der Waals surface area contributed by atoms with Crippen molar-refractivity contribution in [2.24, 2.45) is 0 Å². The minimum Gasteiger partial charge on any atom is -0.492 e. The van der Waals surface area contributed by atoms with E-state index in [1.54, 1.807) is 11.8 Å². The van der Waals surface area contributed by atoms with Gasteiger partial charge in [-0.3, -0.25) is 4.90 Å². The number of fused-ring (bicyclic) bond motifs is 2. The van der Waals surface area contributed by atoms with Crippen LogP contribution < -0.4 is 19.9 Å².